The molecule has 0 aromatic carbocycles. The van der Waals surface area contributed by atoms with E-state index in [9.17, 15) is 0 Å². The van der Waals surface area contributed by atoms with E-state index in [0.29, 0.717) is 6.10 Å². The first-order valence-electron chi connectivity index (χ1n) is 6.69. The first-order valence-corrected chi connectivity index (χ1v) is 7.82. The molecule has 1 saturated carbocycles. The van der Waals surface area contributed by atoms with Gasteiger partial charge in [0.05, 0.1) is 11.4 Å². The first kappa shape index (κ1) is 14.5. The van der Waals surface area contributed by atoms with Crippen molar-refractivity contribution in [3.8, 4) is 0 Å². The maximum atomic E-state index is 6.00. The molecule has 16 heavy (non-hydrogen) atoms. The molecule has 1 fully saturated rings. The van der Waals surface area contributed by atoms with E-state index in [0.717, 1.165) is 11.9 Å². The standard InChI is InChI=1S/C13H25BrO2/c1-2-15-13(11-14)16-12-9-7-5-3-4-6-8-10-12/h12-13H,2-11H2,1H3. The molecule has 1 rings (SSSR count). The summed E-state index contributed by atoms with van der Waals surface area (Å²) in [4.78, 5) is 0. The number of rotatable bonds is 5. The molecule has 2 nitrogen and oxygen atoms in total. The lowest BCUT2D eigenvalue weighted by Gasteiger charge is -2.23. The van der Waals surface area contributed by atoms with Gasteiger partial charge in [-0.25, -0.2) is 0 Å². The Kier molecular flexibility index (Phi) is 8.52. The molecule has 0 amide bonds. The number of ether oxygens (including phenoxy) is 2. The van der Waals surface area contributed by atoms with Crippen LogP contribution in [-0.4, -0.2) is 24.3 Å². The maximum Gasteiger partial charge on any atom is 0.167 e. The van der Waals surface area contributed by atoms with Gasteiger partial charge in [0, 0.05) is 6.61 Å². The van der Waals surface area contributed by atoms with E-state index in [1.165, 1.54) is 51.4 Å². The van der Waals surface area contributed by atoms with Crippen molar-refractivity contribution in [2.24, 2.45) is 0 Å². The second kappa shape index (κ2) is 9.43. The molecule has 96 valence electrons. The van der Waals surface area contributed by atoms with Crippen molar-refractivity contribution in [2.75, 3.05) is 11.9 Å². The zero-order chi connectivity index (χ0) is 11.6. The van der Waals surface area contributed by atoms with Crippen LogP contribution in [0, 0.1) is 0 Å². The van der Waals surface area contributed by atoms with Crippen molar-refractivity contribution in [3.63, 3.8) is 0 Å². The number of hydrogen-bond acceptors (Lipinski definition) is 2. The Morgan fingerprint density at radius 2 is 1.62 bits per heavy atom. The minimum Gasteiger partial charge on any atom is -0.352 e. The molecule has 1 atom stereocenters. The summed E-state index contributed by atoms with van der Waals surface area (Å²) in [6, 6.07) is 0. The average Bonchev–Trinajstić information content (AvgIpc) is 2.42. The molecular formula is C13H25BrO2. The van der Waals surface area contributed by atoms with Crippen LogP contribution in [0.25, 0.3) is 0 Å². The van der Waals surface area contributed by atoms with Crippen molar-refractivity contribution in [1.82, 2.24) is 0 Å². The third-order valence-electron chi connectivity index (χ3n) is 3.12. The lowest BCUT2D eigenvalue weighted by molar-refractivity contribution is -0.157. The highest BCUT2D eigenvalue weighted by Gasteiger charge is 2.16. The van der Waals surface area contributed by atoms with Crippen molar-refractivity contribution < 1.29 is 9.47 Å². The molecule has 1 aliphatic carbocycles. The van der Waals surface area contributed by atoms with E-state index in [1.807, 2.05) is 6.92 Å². The van der Waals surface area contributed by atoms with E-state index < -0.39 is 0 Å². The molecule has 3 heteroatoms. The van der Waals surface area contributed by atoms with Gasteiger partial charge in [0.1, 0.15) is 0 Å². The van der Waals surface area contributed by atoms with Gasteiger partial charge < -0.3 is 9.47 Å². The fraction of sp³-hybridized carbons (Fsp3) is 1.00. The smallest absolute Gasteiger partial charge is 0.167 e. The highest BCUT2D eigenvalue weighted by atomic mass is 79.9. The van der Waals surface area contributed by atoms with Crippen LogP contribution in [-0.2, 0) is 9.47 Å². The number of halogens is 1. The molecule has 0 bridgehead atoms. The number of alkyl halides is 1. The molecule has 0 aliphatic heterocycles. The molecule has 1 aliphatic rings. The number of hydrogen-bond donors (Lipinski definition) is 0. The summed E-state index contributed by atoms with van der Waals surface area (Å²) in [7, 11) is 0. The molecule has 0 aromatic heterocycles. The summed E-state index contributed by atoms with van der Waals surface area (Å²) in [5, 5.41) is 0.775. The lowest BCUT2D eigenvalue weighted by Crippen LogP contribution is -2.26. The second-order valence-corrected chi connectivity index (χ2v) is 5.14. The van der Waals surface area contributed by atoms with Crippen LogP contribution >= 0.6 is 15.9 Å². The second-order valence-electron chi connectivity index (χ2n) is 4.50. The van der Waals surface area contributed by atoms with Crippen molar-refractivity contribution in [1.29, 1.82) is 0 Å². The summed E-state index contributed by atoms with van der Waals surface area (Å²) in [5.41, 5.74) is 0. The van der Waals surface area contributed by atoms with Gasteiger partial charge in [-0.2, -0.15) is 0 Å². The van der Waals surface area contributed by atoms with E-state index in [1.54, 1.807) is 0 Å². The van der Waals surface area contributed by atoms with E-state index >= 15 is 0 Å². The van der Waals surface area contributed by atoms with Gasteiger partial charge >= 0.3 is 0 Å². The van der Waals surface area contributed by atoms with Gasteiger partial charge in [-0.15, -0.1) is 0 Å². The van der Waals surface area contributed by atoms with Gasteiger partial charge in [0.15, 0.2) is 6.29 Å². The molecule has 0 spiro atoms. The third-order valence-corrected chi connectivity index (χ3v) is 3.65. The minimum atomic E-state index is -0.0595. The fourth-order valence-electron chi connectivity index (χ4n) is 2.25. The van der Waals surface area contributed by atoms with Crippen LogP contribution in [0.1, 0.15) is 58.3 Å². The van der Waals surface area contributed by atoms with Crippen LogP contribution < -0.4 is 0 Å². The van der Waals surface area contributed by atoms with Crippen LogP contribution in [0.5, 0.6) is 0 Å². The van der Waals surface area contributed by atoms with Crippen LogP contribution in [0.15, 0.2) is 0 Å². The molecule has 1 unspecified atom stereocenters. The predicted molar refractivity (Wildman–Crippen MR) is 71.0 cm³/mol. The van der Waals surface area contributed by atoms with Crippen LogP contribution in [0.3, 0.4) is 0 Å². The maximum absolute atomic E-state index is 6.00. The SMILES string of the molecule is CCOC(CBr)OC1CCCCCCCC1. The van der Waals surface area contributed by atoms with Crippen molar-refractivity contribution >= 4 is 15.9 Å². The first-order chi connectivity index (χ1) is 7.86. The fourth-order valence-corrected chi connectivity index (χ4v) is 2.59. The Morgan fingerprint density at radius 3 is 2.12 bits per heavy atom. The summed E-state index contributed by atoms with van der Waals surface area (Å²) >= 11 is 3.44. The van der Waals surface area contributed by atoms with Gasteiger partial charge in [-0.3, -0.25) is 0 Å². The summed E-state index contributed by atoms with van der Waals surface area (Å²) in [5.74, 6) is 0. The van der Waals surface area contributed by atoms with Gasteiger partial charge in [-0.1, -0.05) is 54.5 Å². The molecular weight excluding hydrogens is 268 g/mol. The summed E-state index contributed by atoms with van der Waals surface area (Å²) < 4.78 is 11.5. The van der Waals surface area contributed by atoms with Gasteiger partial charge in [-0.05, 0) is 19.8 Å². The van der Waals surface area contributed by atoms with E-state index in [-0.39, 0.29) is 6.29 Å². The van der Waals surface area contributed by atoms with Gasteiger partial charge in [0.2, 0.25) is 0 Å². The predicted octanol–water partition coefficient (Wildman–Crippen LogP) is 4.26. The normalized spacial score (nSPS) is 22.1. The lowest BCUT2D eigenvalue weighted by atomic mass is 10.1. The molecule has 0 N–H and O–H groups in total. The molecule has 0 heterocycles. The third kappa shape index (κ3) is 6.21. The molecule has 0 aromatic rings. The average molecular weight is 293 g/mol. The topological polar surface area (TPSA) is 18.5 Å². The summed E-state index contributed by atoms with van der Waals surface area (Å²) in [6.45, 7) is 2.74. The minimum absolute atomic E-state index is 0.0595. The Morgan fingerprint density at radius 1 is 1.06 bits per heavy atom. The van der Waals surface area contributed by atoms with Crippen LogP contribution in [0.2, 0.25) is 0 Å². The Balaban J connectivity index is 2.29. The highest BCUT2D eigenvalue weighted by Crippen LogP contribution is 2.20. The van der Waals surface area contributed by atoms with Crippen molar-refractivity contribution in [2.45, 2.75) is 70.7 Å². The largest absolute Gasteiger partial charge is 0.352 e. The summed E-state index contributed by atoms with van der Waals surface area (Å²) in [6.07, 6.45) is 10.9. The van der Waals surface area contributed by atoms with E-state index in [2.05, 4.69) is 15.9 Å². The Labute approximate surface area is 108 Å². The van der Waals surface area contributed by atoms with Crippen LogP contribution in [0.4, 0.5) is 0 Å². The highest BCUT2D eigenvalue weighted by molar-refractivity contribution is 9.09. The zero-order valence-corrected chi connectivity index (χ0v) is 12.0. The monoisotopic (exact) mass is 292 g/mol. The molecule has 0 saturated heterocycles. The quantitative estimate of drug-likeness (QED) is 0.557. The Bertz CT molecular complexity index is 154. The Hall–Kier alpha value is 0.400. The molecule has 0 radical (unpaired) electrons. The van der Waals surface area contributed by atoms with E-state index in [4.69, 9.17) is 9.47 Å². The van der Waals surface area contributed by atoms with Crippen molar-refractivity contribution in [3.05, 3.63) is 0 Å². The van der Waals surface area contributed by atoms with Gasteiger partial charge in [0.25, 0.3) is 0 Å². The zero-order valence-electron chi connectivity index (χ0n) is 10.4.